The maximum atomic E-state index is 12.4. The highest BCUT2D eigenvalue weighted by atomic mass is 31.2. The summed E-state index contributed by atoms with van der Waals surface area (Å²) in [5, 5.41) is 8.38. The van der Waals surface area contributed by atoms with Crippen LogP contribution in [-0.4, -0.2) is 30.9 Å². The van der Waals surface area contributed by atoms with E-state index in [9.17, 15) is 9.59 Å². The Balaban J connectivity index is 1.73. The minimum absolute atomic E-state index is 0.0783. The minimum Gasteiger partial charge on any atom is -0.469 e. The van der Waals surface area contributed by atoms with E-state index in [1.165, 1.54) is 23.0 Å². The molecule has 0 atom stereocenters. The van der Waals surface area contributed by atoms with Gasteiger partial charge in [0.15, 0.2) is 0 Å². The summed E-state index contributed by atoms with van der Waals surface area (Å²) in [6.45, 7) is 2.00. The van der Waals surface area contributed by atoms with E-state index in [1.807, 2.05) is 25.1 Å². The van der Waals surface area contributed by atoms with Crippen LogP contribution in [0.15, 0.2) is 96.1 Å². The second-order valence-corrected chi connectivity index (χ2v) is 12.3. The summed E-state index contributed by atoms with van der Waals surface area (Å²) in [4.78, 5) is 23.6. The number of hydrazone groups is 1. The summed E-state index contributed by atoms with van der Waals surface area (Å²) in [5.41, 5.74) is 3.67. The molecular formula is C30H36N2O3P+. The van der Waals surface area contributed by atoms with Gasteiger partial charge >= 0.3 is 5.97 Å². The summed E-state index contributed by atoms with van der Waals surface area (Å²) in [6, 6.07) is 31.9. The number of hydrogen-bond acceptors (Lipinski definition) is 4. The second kappa shape index (κ2) is 14.3. The number of carbonyl (C=O) groups is 2. The van der Waals surface area contributed by atoms with E-state index in [0.717, 1.165) is 37.6 Å². The zero-order valence-electron chi connectivity index (χ0n) is 21.2. The SMILES string of the molecule is COC(=O)CCCCCCC(=O)N/N=C(\C)C[P+](c1ccccc1)(c1ccccc1)c1ccccc1. The van der Waals surface area contributed by atoms with Crippen LogP contribution in [0.3, 0.4) is 0 Å². The van der Waals surface area contributed by atoms with Gasteiger partial charge in [0.25, 0.3) is 0 Å². The van der Waals surface area contributed by atoms with E-state index >= 15 is 0 Å². The van der Waals surface area contributed by atoms with Crippen LogP contribution in [0.2, 0.25) is 0 Å². The molecule has 0 saturated carbocycles. The maximum absolute atomic E-state index is 12.4. The first-order valence-electron chi connectivity index (χ1n) is 12.5. The summed E-state index contributed by atoms with van der Waals surface area (Å²) in [7, 11) is -0.630. The largest absolute Gasteiger partial charge is 0.469 e. The van der Waals surface area contributed by atoms with Gasteiger partial charge in [-0.2, -0.15) is 5.10 Å². The van der Waals surface area contributed by atoms with Crippen molar-refractivity contribution in [3.8, 4) is 0 Å². The number of nitrogens with one attached hydrogen (secondary N) is 1. The fourth-order valence-corrected chi connectivity index (χ4v) is 8.61. The lowest BCUT2D eigenvalue weighted by Crippen LogP contribution is -2.35. The monoisotopic (exact) mass is 503 g/mol. The van der Waals surface area contributed by atoms with Crippen LogP contribution in [0.4, 0.5) is 0 Å². The molecular weight excluding hydrogens is 467 g/mol. The average molecular weight is 504 g/mol. The summed E-state index contributed by atoms with van der Waals surface area (Å²) in [5.74, 6) is -0.261. The van der Waals surface area contributed by atoms with Crippen LogP contribution in [0.1, 0.15) is 45.4 Å². The number of nitrogens with zero attached hydrogens (tertiary/aromatic N) is 1. The van der Waals surface area contributed by atoms with E-state index in [-0.39, 0.29) is 11.9 Å². The van der Waals surface area contributed by atoms with Crippen molar-refractivity contribution in [2.75, 3.05) is 13.3 Å². The number of rotatable bonds is 13. The maximum Gasteiger partial charge on any atom is 0.305 e. The van der Waals surface area contributed by atoms with Crippen LogP contribution >= 0.6 is 7.26 Å². The van der Waals surface area contributed by atoms with Gasteiger partial charge in [0.2, 0.25) is 5.91 Å². The normalized spacial score (nSPS) is 11.7. The molecule has 0 spiro atoms. The summed E-state index contributed by atoms with van der Waals surface area (Å²) >= 11 is 0. The van der Waals surface area contributed by atoms with E-state index in [1.54, 1.807) is 0 Å². The molecule has 3 aromatic rings. The average Bonchev–Trinajstić information content (AvgIpc) is 2.93. The van der Waals surface area contributed by atoms with Gasteiger partial charge in [-0.1, -0.05) is 67.4 Å². The van der Waals surface area contributed by atoms with Gasteiger partial charge in [-0.25, -0.2) is 5.43 Å². The van der Waals surface area contributed by atoms with Gasteiger partial charge in [-0.3, -0.25) is 9.59 Å². The van der Waals surface area contributed by atoms with Gasteiger partial charge < -0.3 is 4.74 Å². The number of amides is 1. The molecule has 0 aliphatic carbocycles. The molecule has 36 heavy (non-hydrogen) atoms. The Labute approximate surface area is 215 Å². The van der Waals surface area contributed by atoms with Crippen LogP contribution in [-0.2, 0) is 14.3 Å². The lowest BCUT2D eigenvalue weighted by molar-refractivity contribution is -0.140. The van der Waals surface area contributed by atoms with Crippen molar-refractivity contribution >= 4 is 40.8 Å². The zero-order chi connectivity index (χ0) is 25.6. The van der Waals surface area contributed by atoms with Crippen molar-refractivity contribution < 1.29 is 14.3 Å². The van der Waals surface area contributed by atoms with Gasteiger partial charge in [-0.05, 0) is 56.2 Å². The van der Waals surface area contributed by atoms with Crippen molar-refractivity contribution in [3.05, 3.63) is 91.0 Å². The molecule has 0 saturated heterocycles. The van der Waals surface area contributed by atoms with Crippen LogP contribution in [0.25, 0.3) is 0 Å². The third kappa shape index (κ3) is 7.60. The molecule has 6 heteroatoms. The number of methoxy groups -OCH3 is 1. The number of esters is 1. The molecule has 0 bridgehead atoms. The standard InChI is InChI=1S/C30H35N2O3P/c1-25(31-32-29(33)22-14-3-4-15-23-30(34)35-2)24-36(26-16-8-5-9-17-26,27-18-10-6-11-19-27)28-20-12-7-13-21-28/h5-13,16-21H,3-4,14-15,22-24H2,1-2H3/p+1/b31-25+. The molecule has 3 aromatic carbocycles. The fourth-order valence-electron chi connectivity index (χ4n) is 4.37. The Morgan fingerprint density at radius 3 is 1.61 bits per heavy atom. The van der Waals surface area contributed by atoms with E-state index in [2.05, 4.69) is 88.1 Å². The summed E-state index contributed by atoms with van der Waals surface area (Å²) in [6.07, 6.45) is 4.96. The number of unbranched alkanes of at least 4 members (excludes halogenated alkanes) is 3. The molecule has 0 fully saturated rings. The lowest BCUT2D eigenvalue weighted by atomic mass is 10.1. The molecule has 0 aliphatic heterocycles. The lowest BCUT2D eigenvalue weighted by Gasteiger charge is -2.27. The molecule has 188 valence electrons. The fraction of sp³-hybridized carbons (Fsp3) is 0.300. The topological polar surface area (TPSA) is 67.8 Å². The van der Waals surface area contributed by atoms with Crippen molar-refractivity contribution in [1.82, 2.24) is 5.43 Å². The predicted octanol–water partition coefficient (Wildman–Crippen LogP) is 4.99. The highest BCUT2D eigenvalue weighted by Gasteiger charge is 2.45. The number of ether oxygens (including phenoxy) is 1. The van der Waals surface area contributed by atoms with Crippen molar-refractivity contribution in [2.24, 2.45) is 5.10 Å². The van der Waals surface area contributed by atoms with E-state index in [0.29, 0.717) is 12.8 Å². The number of carbonyl (C=O) groups excluding carboxylic acids is 2. The van der Waals surface area contributed by atoms with Gasteiger partial charge in [-0.15, -0.1) is 0 Å². The minimum atomic E-state index is -2.03. The predicted molar refractivity (Wildman–Crippen MR) is 151 cm³/mol. The molecule has 3 rings (SSSR count). The van der Waals surface area contributed by atoms with E-state index in [4.69, 9.17) is 0 Å². The Morgan fingerprint density at radius 1 is 0.722 bits per heavy atom. The molecule has 0 aliphatic rings. The summed E-state index contributed by atoms with van der Waals surface area (Å²) < 4.78 is 4.65. The Bertz CT molecular complexity index is 1020. The van der Waals surface area contributed by atoms with Crippen LogP contribution in [0, 0.1) is 0 Å². The highest BCUT2D eigenvalue weighted by Crippen LogP contribution is 2.55. The second-order valence-electron chi connectivity index (χ2n) is 8.85. The van der Waals surface area contributed by atoms with Crippen LogP contribution in [0.5, 0.6) is 0 Å². The Morgan fingerprint density at radius 2 is 1.17 bits per heavy atom. The third-order valence-corrected chi connectivity index (χ3v) is 10.7. The quantitative estimate of drug-likeness (QED) is 0.118. The van der Waals surface area contributed by atoms with Crippen LogP contribution < -0.4 is 21.3 Å². The van der Waals surface area contributed by atoms with Crippen molar-refractivity contribution in [1.29, 1.82) is 0 Å². The first kappa shape index (κ1) is 27.3. The van der Waals surface area contributed by atoms with E-state index < -0.39 is 7.26 Å². The van der Waals surface area contributed by atoms with Gasteiger partial charge in [0.05, 0.1) is 12.8 Å². The molecule has 0 unspecified atom stereocenters. The van der Waals surface area contributed by atoms with Crippen molar-refractivity contribution in [2.45, 2.75) is 45.4 Å². The molecule has 0 heterocycles. The zero-order valence-corrected chi connectivity index (χ0v) is 22.1. The third-order valence-electron chi connectivity index (χ3n) is 6.19. The first-order chi connectivity index (χ1) is 17.6. The molecule has 0 radical (unpaired) electrons. The molecule has 1 amide bonds. The number of benzene rings is 3. The van der Waals surface area contributed by atoms with Gasteiger partial charge in [0.1, 0.15) is 29.3 Å². The molecule has 5 nitrogen and oxygen atoms in total. The Kier molecular flexibility index (Phi) is 10.8. The number of hydrogen-bond donors (Lipinski definition) is 1. The Hall–Kier alpha value is -3.30. The van der Waals surface area contributed by atoms with Crippen molar-refractivity contribution in [3.63, 3.8) is 0 Å². The highest BCUT2D eigenvalue weighted by molar-refractivity contribution is 7.96. The van der Waals surface area contributed by atoms with Gasteiger partial charge in [0, 0.05) is 12.8 Å². The first-order valence-corrected chi connectivity index (χ1v) is 14.5. The smallest absolute Gasteiger partial charge is 0.305 e. The molecule has 0 aromatic heterocycles. The molecule has 1 N–H and O–H groups in total.